The molecule has 1 aromatic heterocycles. The summed E-state index contributed by atoms with van der Waals surface area (Å²) < 4.78 is 0. The smallest absolute Gasteiger partial charge is 0.276 e. The zero-order valence-electron chi connectivity index (χ0n) is 10.8. The maximum absolute atomic E-state index is 12.3. The van der Waals surface area contributed by atoms with Gasteiger partial charge in [-0.2, -0.15) is 15.6 Å². The van der Waals surface area contributed by atoms with Gasteiger partial charge in [0.05, 0.1) is 36.4 Å². The number of nitrogens with one attached hydrogen (secondary N) is 1. The number of nitrogens with zero attached hydrogens (tertiary/aromatic N) is 4. The fourth-order valence-electron chi connectivity index (χ4n) is 1.65. The average molecular weight is 260 g/mol. The number of carbonyl (C=O) groups excluding carboxylic acids is 1. The minimum absolute atomic E-state index is 0.160. The zero-order valence-corrected chi connectivity index (χ0v) is 10.8. The number of hydrogen-bond donors (Lipinski definition) is 2. The molecular weight excluding hydrogens is 244 g/mol. The third kappa shape index (κ3) is 3.46. The van der Waals surface area contributed by atoms with E-state index in [0.717, 1.165) is 0 Å². The number of nitrogen functional groups attached to an aromatic ring is 1. The van der Waals surface area contributed by atoms with Gasteiger partial charge in [-0.1, -0.05) is 6.92 Å². The van der Waals surface area contributed by atoms with Crippen molar-refractivity contribution >= 4 is 11.6 Å². The normalized spacial score (nSPS) is 9.63. The molecule has 0 saturated heterocycles. The Bertz CT molecular complexity index is 503. The van der Waals surface area contributed by atoms with Crippen molar-refractivity contribution in [2.75, 3.05) is 18.8 Å². The van der Waals surface area contributed by atoms with E-state index in [9.17, 15) is 4.79 Å². The van der Waals surface area contributed by atoms with Gasteiger partial charge in [0.2, 0.25) is 0 Å². The molecule has 0 atom stereocenters. The highest BCUT2D eigenvalue weighted by atomic mass is 16.2. The number of nitriles is 2. The van der Waals surface area contributed by atoms with Crippen LogP contribution in [0.15, 0.2) is 0 Å². The Hall–Kier alpha value is -2.54. The molecule has 0 spiro atoms. The van der Waals surface area contributed by atoms with Crippen molar-refractivity contribution in [1.29, 1.82) is 10.5 Å². The van der Waals surface area contributed by atoms with Crippen molar-refractivity contribution in [1.82, 2.24) is 15.1 Å². The standard InChI is InChI=1S/C12H16N6O/c1-2-9-10(15)11(17-16-9)12(19)18(7-3-5-13)8-4-6-14/h2-4,7-8,15H2,1H3,(H,16,17). The van der Waals surface area contributed by atoms with E-state index in [2.05, 4.69) is 10.2 Å². The van der Waals surface area contributed by atoms with Crippen molar-refractivity contribution in [3.8, 4) is 12.1 Å². The van der Waals surface area contributed by atoms with Crippen LogP contribution in [0.1, 0.15) is 35.9 Å². The van der Waals surface area contributed by atoms with Gasteiger partial charge in [0, 0.05) is 13.1 Å². The van der Waals surface area contributed by atoms with E-state index in [1.165, 1.54) is 4.90 Å². The van der Waals surface area contributed by atoms with Gasteiger partial charge >= 0.3 is 0 Å². The summed E-state index contributed by atoms with van der Waals surface area (Å²) in [5.41, 5.74) is 7.05. The number of H-pyrrole nitrogens is 1. The van der Waals surface area contributed by atoms with Gasteiger partial charge in [-0.05, 0) is 6.42 Å². The quantitative estimate of drug-likeness (QED) is 0.784. The van der Waals surface area contributed by atoms with Crippen LogP contribution in [-0.2, 0) is 6.42 Å². The van der Waals surface area contributed by atoms with Crippen LogP contribution in [0.25, 0.3) is 0 Å². The summed E-state index contributed by atoms with van der Waals surface area (Å²) in [4.78, 5) is 13.7. The molecular formula is C12H16N6O. The zero-order chi connectivity index (χ0) is 14.3. The van der Waals surface area contributed by atoms with Gasteiger partial charge < -0.3 is 10.6 Å². The second-order valence-electron chi connectivity index (χ2n) is 3.93. The number of hydrogen-bond acceptors (Lipinski definition) is 5. The van der Waals surface area contributed by atoms with E-state index >= 15 is 0 Å². The molecule has 7 heteroatoms. The van der Waals surface area contributed by atoms with Crippen molar-refractivity contribution in [2.24, 2.45) is 0 Å². The largest absolute Gasteiger partial charge is 0.395 e. The topological polar surface area (TPSA) is 123 Å². The van der Waals surface area contributed by atoms with E-state index in [-0.39, 0.29) is 37.5 Å². The highest BCUT2D eigenvalue weighted by Gasteiger charge is 2.22. The molecule has 0 unspecified atom stereocenters. The van der Waals surface area contributed by atoms with Crippen LogP contribution in [-0.4, -0.2) is 34.1 Å². The molecule has 0 aliphatic heterocycles. The number of amides is 1. The van der Waals surface area contributed by atoms with E-state index in [4.69, 9.17) is 16.3 Å². The molecule has 0 saturated carbocycles. The number of carbonyl (C=O) groups is 1. The first-order valence-electron chi connectivity index (χ1n) is 6.01. The van der Waals surface area contributed by atoms with Crippen LogP contribution in [0.4, 0.5) is 5.69 Å². The molecule has 0 aliphatic carbocycles. The van der Waals surface area contributed by atoms with E-state index in [0.29, 0.717) is 17.8 Å². The van der Waals surface area contributed by atoms with Crippen LogP contribution in [0, 0.1) is 22.7 Å². The highest BCUT2D eigenvalue weighted by molar-refractivity contribution is 5.97. The van der Waals surface area contributed by atoms with Crippen LogP contribution in [0.2, 0.25) is 0 Å². The lowest BCUT2D eigenvalue weighted by molar-refractivity contribution is 0.0757. The molecule has 3 N–H and O–H groups in total. The third-order valence-electron chi connectivity index (χ3n) is 2.71. The lowest BCUT2D eigenvalue weighted by Gasteiger charge is -2.19. The maximum Gasteiger partial charge on any atom is 0.276 e. The molecule has 0 radical (unpaired) electrons. The minimum Gasteiger partial charge on any atom is -0.395 e. The maximum atomic E-state index is 12.3. The van der Waals surface area contributed by atoms with Gasteiger partial charge in [0.1, 0.15) is 0 Å². The highest BCUT2D eigenvalue weighted by Crippen LogP contribution is 2.16. The molecule has 1 rings (SSSR count). The van der Waals surface area contributed by atoms with Gasteiger partial charge in [-0.25, -0.2) is 0 Å². The van der Waals surface area contributed by atoms with Crippen molar-refractivity contribution in [3.63, 3.8) is 0 Å². The van der Waals surface area contributed by atoms with E-state index < -0.39 is 0 Å². The second-order valence-corrected chi connectivity index (χ2v) is 3.93. The average Bonchev–Trinajstić information content (AvgIpc) is 2.79. The van der Waals surface area contributed by atoms with Gasteiger partial charge in [0.25, 0.3) is 5.91 Å². The molecule has 0 aromatic carbocycles. The summed E-state index contributed by atoms with van der Waals surface area (Å²) in [7, 11) is 0. The number of nitrogens with two attached hydrogens (primary N) is 1. The van der Waals surface area contributed by atoms with Crippen molar-refractivity contribution in [3.05, 3.63) is 11.4 Å². The number of aryl methyl sites for hydroxylation is 1. The van der Waals surface area contributed by atoms with Crippen LogP contribution in [0.3, 0.4) is 0 Å². The summed E-state index contributed by atoms with van der Waals surface area (Å²) in [5, 5.41) is 23.8. The number of rotatable bonds is 6. The molecule has 0 aliphatic rings. The Morgan fingerprint density at radius 1 is 1.37 bits per heavy atom. The summed E-state index contributed by atoms with van der Waals surface area (Å²) in [6.45, 7) is 2.44. The van der Waals surface area contributed by atoms with Crippen LogP contribution in [0.5, 0.6) is 0 Å². The predicted molar refractivity (Wildman–Crippen MR) is 68.7 cm³/mol. The Morgan fingerprint density at radius 3 is 2.37 bits per heavy atom. The van der Waals surface area contributed by atoms with Gasteiger partial charge in [-0.3, -0.25) is 9.89 Å². The molecule has 100 valence electrons. The number of anilines is 1. The minimum atomic E-state index is -0.348. The molecule has 1 heterocycles. The molecule has 0 bridgehead atoms. The van der Waals surface area contributed by atoms with Gasteiger partial charge in [0.15, 0.2) is 5.69 Å². The summed E-state index contributed by atoms with van der Waals surface area (Å²) in [6, 6.07) is 3.95. The molecule has 1 aromatic rings. The Kier molecular flexibility index (Phi) is 5.36. The number of aromatic amines is 1. The molecule has 7 nitrogen and oxygen atoms in total. The summed E-state index contributed by atoms with van der Waals surface area (Å²) in [5.74, 6) is -0.348. The molecule has 19 heavy (non-hydrogen) atoms. The lowest BCUT2D eigenvalue weighted by Crippen LogP contribution is -2.33. The molecule has 0 fully saturated rings. The fraction of sp³-hybridized carbons (Fsp3) is 0.500. The first kappa shape index (κ1) is 14.5. The number of aromatic nitrogens is 2. The Labute approximate surface area is 111 Å². The van der Waals surface area contributed by atoms with Crippen molar-refractivity contribution < 1.29 is 4.79 Å². The first-order chi connectivity index (χ1) is 9.15. The van der Waals surface area contributed by atoms with Crippen LogP contribution < -0.4 is 5.73 Å². The summed E-state index contributed by atoms with van der Waals surface area (Å²) in [6.07, 6.45) is 1.08. The lowest BCUT2D eigenvalue weighted by atomic mass is 10.2. The predicted octanol–water partition coefficient (Wildman–Crippen LogP) is 0.824. The Balaban J connectivity index is 2.88. The van der Waals surface area contributed by atoms with Crippen LogP contribution >= 0.6 is 0 Å². The Morgan fingerprint density at radius 2 is 1.95 bits per heavy atom. The van der Waals surface area contributed by atoms with Gasteiger partial charge in [-0.15, -0.1) is 0 Å². The fourth-order valence-corrected chi connectivity index (χ4v) is 1.65. The van der Waals surface area contributed by atoms with E-state index in [1.807, 2.05) is 19.1 Å². The third-order valence-corrected chi connectivity index (χ3v) is 2.71. The summed E-state index contributed by atoms with van der Waals surface area (Å²) >= 11 is 0. The molecule has 1 amide bonds. The SMILES string of the molecule is CCc1[nH]nc(C(=O)N(CCC#N)CCC#N)c1N. The van der Waals surface area contributed by atoms with E-state index in [1.54, 1.807) is 0 Å². The second kappa shape index (κ2) is 7.02. The van der Waals surface area contributed by atoms with Crippen molar-refractivity contribution in [2.45, 2.75) is 26.2 Å². The first-order valence-corrected chi connectivity index (χ1v) is 6.01. The monoisotopic (exact) mass is 260 g/mol.